The minimum Gasteiger partial charge on any atom is -0.316 e. The van der Waals surface area contributed by atoms with Crippen molar-refractivity contribution in [1.29, 1.82) is 0 Å². The average Bonchev–Trinajstić information content (AvgIpc) is 2.48. The van der Waals surface area contributed by atoms with Crippen molar-refractivity contribution in [1.82, 2.24) is 4.58 Å². The van der Waals surface area contributed by atoms with Gasteiger partial charge in [0.1, 0.15) is 0 Å². The Morgan fingerprint density at radius 2 is 1.32 bits per heavy atom. The van der Waals surface area contributed by atoms with E-state index in [1.807, 2.05) is 0 Å². The molecule has 0 heterocycles. The molecule has 2 aromatic carbocycles. The van der Waals surface area contributed by atoms with Crippen LogP contribution in [-0.4, -0.2) is 16.5 Å². The SMILES string of the molecule is O=C(ON(Cl)C(=O)c1ccccc1)c1ccccc1. The van der Waals surface area contributed by atoms with Gasteiger partial charge in [0.2, 0.25) is 0 Å². The summed E-state index contributed by atoms with van der Waals surface area (Å²) in [7, 11) is 0. The monoisotopic (exact) mass is 275 g/mol. The van der Waals surface area contributed by atoms with Gasteiger partial charge in [-0.25, -0.2) is 4.79 Å². The normalized spacial score (nSPS) is 9.74. The van der Waals surface area contributed by atoms with E-state index in [0.717, 1.165) is 0 Å². The topological polar surface area (TPSA) is 46.6 Å². The summed E-state index contributed by atoms with van der Waals surface area (Å²) in [6, 6.07) is 16.6. The Kier molecular flexibility index (Phi) is 4.15. The van der Waals surface area contributed by atoms with Gasteiger partial charge in [0.15, 0.2) is 0 Å². The van der Waals surface area contributed by atoms with Crippen LogP contribution in [0.4, 0.5) is 0 Å². The fourth-order valence-electron chi connectivity index (χ4n) is 1.42. The third kappa shape index (κ3) is 3.33. The van der Waals surface area contributed by atoms with Gasteiger partial charge < -0.3 is 4.84 Å². The highest BCUT2D eigenvalue weighted by Gasteiger charge is 2.19. The molecule has 2 rings (SSSR count). The van der Waals surface area contributed by atoms with Crippen LogP contribution in [0.5, 0.6) is 0 Å². The summed E-state index contributed by atoms with van der Waals surface area (Å²) in [4.78, 5) is 28.3. The van der Waals surface area contributed by atoms with Gasteiger partial charge in [0.25, 0.3) is 0 Å². The van der Waals surface area contributed by atoms with Gasteiger partial charge in [-0.05, 0) is 24.3 Å². The number of nitrogens with zero attached hydrogens (tertiary/aromatic N) is 1. The number of rotatable bonds is 2. The van der Waals surface area contributed by atoms with E-state index in [0.29, 0.717) is 15.7 Å². The van der Waals surface area contributed by atoms with Crippen molar-refractivity contribution >= 4 is 23.7 Å². The highest BCUT2D eigenvalue weighted by Crippen LogP contribution is 2.10. The third-order valence-corrected chi connectivity index (χ3v) is 2.58. The summed E-state index contributed by atoms with van der Waals surface area (Å²) in [5, 5.41) is 0. The molecule has 0 aliphatic heterocycles. The number of carbonyl (C=O) groups excluding carboxylic acids is 2. The largest absolute Gasteiger partial charge is 0.365 e. The molecular formula is C14H10ClNO3. The van der Waals surface area contributed by atoms with Crippen LogP contribution in [0.15, 0.2) is 60.7 Å². The summed E-state index contributed by atoms with van der Waals surface area (Å²) in [6.07, 6.45) is 0. The fourth-order valence-corrected chi connectivity index (χ4v) is 1.58. The number of carbonyl (C=O) groups is 2. The highest BCUT2D eigenvalue weighted by atomic mass is 35.5. The summed E-state index contributed by atoms with van der Waals surface area (Å²) in [5.41, 5.74) is 0.646. The molecule has 0 saturated carbocycles. The van der Waals surface area contributed by atoms with Gasteiger partial charge in [-0.3, -0.25) is 4.79 Å². The van der Waals surface area contributed by atoms with Gasteiger partial charge in [-0.1, -0.05) is 41.0 Å². The van der Waals surface area contributed by atoms with E-state index >= 15 is 0 Å². The number of hydrogen-bond donors (Lipinski definition) is 0. The molecule has 0 aliphatic carbocycles. The van der Waals surface area contributed by atoms with Crippen LogP contribution < -0.4 is 0 Å². The van der Waals surface area contributed by atoms with Crippen LogP contribution in [0, 0.1) is 0 Å². The molecule has 0 fully saturated rings. The second-order valence-electron chi connectivity index (χ2n) is 3.66. The first kappa shape index (κ1) is 13.1. The lowest BCUT2D eigenvalue weighted by Crippen LogP contribution is -2.25. The maximum Gasteiger partial charge on any atom is 0.365 e. The first-order valence-corrected chi connectivity index (χ1v) is 5.85. The molecule has 0 spiro atoms. The zero-order valence-electron chi connectivity index (χ0n) is 9.82. The molecule has 0 aliphatic rings. The van der Waals surface area contributed by atoms with Gasteiger partial charge in [0.05, 0.1) is 17.3 Å². The maximum atomic E-state index is 11.8. The Hall–Kier alpha value is -2.33. The smallest absolute Gasteiger partial charge is 0.316 e. The van der Waals surface area contributed by atoms with E-state index in [1.165, 1.54) is 0 Å². The van der Waals surface area contributed by atoms with Crippen molar-refractivity contribution in [2.45, 2.75) is 0 Å². The molecule has 96 valence electrons. The lowest BCUT2D eigenvalue weighted by molar-refractivity contribution is -0.0303. The Labute approximate surface area is 115 Å². The standard InChI is InChI=1S/C14H10ClNO3/c15-16(13(17)11-7-3-1-4-8-11)19-14(18)12-9-5-2-6-10-12/h1-10H. The zero-order valence-corrected chi connectivity index (χ0v) is 10.6. The number of amides is 1. The number of hydrogen-bond acceptors (Lipinski definition) is 3. The zero-order chi connectivity index (χ0) is 13.7. The number of hydroxylamine groups is 1. The first-order valence-electron chi connectivity index (χ1n) is 5.51. The van der Waals surface area contributed by atoms with Crippen molar-refractivity contribution in [2.75, 3.05) is 0 Å². The lowest BCUT2D eigenvalue weighted by Gasteiger charge is -2.12. The lowest BCUT2D eigenvalue weighted by atomic mass is 10.2. The van der Waals surface area contributed by atoms with E-state index in [1.54, 1.807) is 60.7 Å². The Morgan fingerprint density at radius 1 is 0.842 bits per heavy atom. The number of halogens is 1. The van der Waals surface area contributed by atoms with Gasteiger partial charge >= 0.3 is 11.9 Å². The minimum atomic E-state index is -0.695. The van der Waals surface area contributed by atoms with Crippen molar-refractivity contribution in [3.05, 3.63) is 71.8 Å². The Morgan fingerprint density at radius 3 is 1.84 bits per heavy atom. The molecule has 0 N–H and O–H groups in total. The quantitative estimate of drug-likeness (QED) is 0.625. The van der Waals surface area contributed by atoms with E-state index in [-0.39, 0.29) is 0 Å². The Balaban J connectivity index is 2.04. The molecule has 0 saturated heterocycles. The van der Waals surface area contributed by atoms with Crippen molar-refractivity contribution < 1.29 is 14.4 Å². The van der Waals surface area contributed by atoms with E-state index in [9.17, 15) is 9.59 Å². The van der Waals surface area contributed by atoms with E-state index < -0.39 is 11.9 Å². The van der Waals surface area contributed by atoms with Crippen LogP contribution >= 0.6 is 11.8 Å². The predicted octanol–water partition coefficient (Wildman–Crippen LogP) is 3.05. The molecule has 0 aromatic heterocycles. The average molecular weight is 276 g/mol. The summed E-state index contributed by atoms with van der Waals surface area (Å²) < 4.78 is 0.407. The van der Waals surface area contributed by atoms with Gasteiger partial charge in [-0.15, -0.1) is 0 Å². The highest BCUT2D eigenvalue weighted by molar-refractivity contribution is 6.23. The van der Waals surface area contributed by atoms with Crippen LogP contribution in [-0.2, 0) is 4.84 Å². The second-order valence-corrected chi connectivity index (χ2v) is 3.97. The number of benzene rings is 2. The summed E-state index contributed by atoms with van der Waals surface area (Å²) in [5.74, 6) is -1.30. The molecule has 0 atom stereocenters. The molecule has 19 heavy (non-hydrogen) atoms. The molecule has 1 amide bonds. The van der Waals surface area contributed by atoms with Crippen LogP contribution in [0.3, 0.4) is 0 Å². The van der Waals surface area contributed by atoms with E-state index in [2.05, 4.69) is 0 Å². The molecule has 0 bridgehead atoms. The predicted molar refractivity (Wildman–Crippen MR) is 70.3 cm³/mol. The minimum absolute atomic E-state index is 0.314. The van der Waals surface area contributed by atoms with Crippen molar-refractivity contribution in [3.63, 3.8) is 0 Å². The van der Waals surface area contributed by atoms with Crippen LogP contribution in [0.2, 0.25) is 0 Å². The molecule has 4 nitrogen and oxygen atoms in total. The third-order valence-electron chi connectivity index (χ3n) is 2.35. The first-order chi connectivity index (χ1) is 9.18. The van der Waals surface area contributed by atoms with Crippen molar-refractivity contribution in [2.24, 2.45) is 0 Å². The fraction of sp³-hybridized carbons (Fsp3) is 0. The summed E-state index contributed by atoms with van der Waals surface area (Å²) >= 11 is 5.65. The Bertz CT molecular complexity index is 572. The van der Waals surface area contributed by atoms with Crippen molar-refractivity contribution in [3.8, 4) is 0 Å². The molecular weight excluding hydrogens is 266 g/mol. The van der Waals surface area contributed by atoms with E-state index in [4.69, 9.17) is 16.6 Å². The maximum absolute atomic E-state index is 11.8. The van der Waals surface area contributed by atoms with Crippen LogP contribution in [0.1, 0.15) is 20.7 Å². The molecule has 0 unspecified atom stereocenters. The van der Waals surface area contributed by atoms with Gasteiger partial charge in [-0.2, -0.15) is 0 Å². The second kappa shape index (κ2) is 6.02. The summed E-state index contributed by atoms with van der Waals surface area (Å²) in [6.45, 7) is 0. The van der Waals surface area contributed by atoms with Gasteiger partial charge in [0, 0.05) is 5.56 Å². The molecule has 0 radical (unpaired) electrons. The molecule has 5 heteroatoms. The molecule has 2 aromatic rings. The van der Waals surface area contributed by atoms with Crippen LogP contribution in [0.25, 0.3) is 0 Å².